The number of carbonyl (C=O) groups is 1. The van der Waals surface area contributed by atoms with Crippen molar-refractivity contribution in [1.29, 1.82) is 0 Å². The predicted octanol–water partition coefficient (Wildman–Crippen LogP) is 3.61. The minimum absolute atomic E-state index is 0.0881. The van der Waals surface area contributed by atoms with Crippen LogP contribution in [0.4, 0.5) is 11.4 Å². The second kappa shape index (κ2) is 10.5. The second-order valence-electron chi connectivity index (χ2n) is 7.72. The number of rotatable bonds is 9. The maximum absolute atomic E-state index is 13.4. The van der Waals surface area contributed by atoms with Crippen molar-refractivity contribution in [3.05, 3.63) is 84.4 Å². The van der Waals surface area contributed by atoms with E-state index in [1.165, 1.54) is 16.1 Å². The summed E-state index contributed by atoms with van der Waals surface area (Å²) < 4.78 is 33.6. The number of anilines is 2. The zero-order valence-corrected chi connectivity index (χ0v) is 19.7. The van der Waals surface area contributed by atoms with Crippen LogP contribution >= 0.6 is 0 Å². The quantitative estimate of drug-likeness (QED) is 0.518. The summed E-state index contributed by atoms with van der Waals surface area (Å²) in [4.78, 5) is 13.1. The Balaban J connectivity index is 1.74. The number of sulfonamides is 1. The molecule has 3 aromatic rings. The van der Waals surface area contributed by atoms with E-state index < -0.39 is 16.1 Å². The number of nitrogens with zero attached hydrogens (tertiary/aromatic N) is 2. The molecule has 0 radical (unpaired) electrons. The van der Waals surface area contributed by atoms with Gasteiger partial charge in [-0.3, -0.25) is 9.10 Å². The maximum Gasteiger partial charge on any atom is 0.264 e. The lowest BCUT2D eigenvalue weighted by atomic mass is 10.2. The Hall–Kier alpha value is -3.36. The van der Waals surface area contributed by atoms with Gasteiger partial charge in [0.15, 0.2) is 0 Å². The summed E-state index contributed by atoms with van der Waals surface area (Å²) in [7, 11) is -2.22. The van der Waals surface area contributed by atoms with E-state index in [-0.39, 0.29) is 24.0 Å². The van der Waals surface area contributed by atoms with Crippen molar-refractivity contribution >= 4 is 27.3 Å². The number of carbonyl (C=O) groups excluding carboxylic acids is 1. The van der Waals surface area contributed by atoms with E-state index >= 15 is 0 Å². The zero-order chi connectivity index (χ0) is 24.0. The second-order valence-corrected chi connectivity index (χ2v) is 9.58. The Morgan fingerprint density at radius 3 is 2.12 bits per heavy atom. The Morgan fingerprint density at radius 2 is 1.55 bits per heavy atom. The number of hydrogen-bond acceptors (Lipinski definition) is 5. The van der Waals surface area contributed by atoms with Crippen molar-refractivity contribution in [2.45, 2.75) is 24.8 Å². The van der Waals surface area contributed by atoms with Crippen LogP contribution in [0.2, 0.25) is 0 Å². The zero-order valence-electron chi connectivity index (χ0n) is 18.9. The highest BCUT2D eigenvalue weighted by molar-refractivity contribution is 7.92. The fourth-order valence-corrected chi connectivity index (χ4v) is 4.66. The van der Waals surface area contributed by atoms with Gasteiger partial charge in [-0.1, -0.05) is 35.9 Å². The molecule has 0 aliphatic heterocycles. The molecule has 0 spiro atoms. The van der Waals surface area contributed by atoms with Gasteiger partial charge in [-0.15, -0.1) is 0 Å². The number of benzene rings is 3. The number of amides is 1. The van der Waals surface area contributed by atoms with Crippen LogP contribution in [0.5, 0.6) is 5.75 Å². The molecule has 0 aliphatic rings. The first-order valence-corrected chi connectivity index (χ1v) is 11.9. The van der Waals surface area contributed by atoms with Crippen LogP contribution in [0.25, 0.3) is 0 Å². The van der Waals surface area contributed by atoms with Crippen molar-refractivity contribution in [1.82, 2.24) is 0 Å². The van der Waals surface area contributed by atoms with Gasteiger partial charge in [0.1, 0.15) is 18.5 Å². The standard InChI is InChI=1S/C25H28N2O5S/c1-19-9-15-25(16-10-19)33(30,31)27(22-7-5-4-6-8-22)17-23(29)18-32-24-13-11-21(12-14-24)26(3)20(2)28/h4-16,23,29H,17-18H2,1-3H3/t23-/m0/s1. The molecule has 1 amide bonds. The Morgan fingerprint density at radius 1 is 0.939 bits per heavy atom. The van der Waals surface area contributed by atoms with Crippen molar-refractivity contribution in [3.8, 4) is 5.75 Å². The normalized spacial score (nSPS) is 12.1. The van der Waals surface area contributed by atoms with E-state index in [0.29, 0.717) is 11.4 Å². The van der Waals surface area contributed by atoms with Crippen molar-refractivity contribution < 1.29 is 23.1 Å². The molecule has 0 fully saturated rings. The predicted molar refractivity (Wildman–Crippen MR) is 129 cm³/mol. The van der Waals surface area contributed by atoms with Crippen LogP contribution in [0, 0.1) is 6.92 Å². The van der Waals surface area contributed by atoms with Crippen LogP contribution in [0.1, 0.15) is 12.5 Å². The van der Waals surface area contributed by atoms with E-state index in [9.17, 15) is 18.3 Å². The topological polar surface area (TPSA) is 87.2 Å². The molecule has 33 heavy (non-hydrogen) atoms. The highest BCUT2D eigenvalue weighted by Gasteiger charge is 2.27. The molecule has 174 valence electrons. The average Bonchev–Trinajstić information content (AvgIpc) is 2.81. The van der Waals surface area contributed by atoms with Gasteiger partial charge in [0.25, 0.3) is 10.0 Å². The largest absolute Gasteiger partial charge is 0.491 e. The first kappa shape index (κ1) is 24.3. The summed E-state index contributed by atoms with van der Waals surface area (Å²) in [6, 6.07) is 22.1. The van der Waals surface area contributed by atoms with Gasteiger partial charge >= 0.3 is 0 Å². The summed E-state index contributed by atoms with van der Waals surface area (Å²) >= 11 is 0. The van der Waals surface area contributed by atoms with Crippen molar-refractivity contribution in [2.24, 2.45) is 0 Å². The van der Waals surface area contributed by atoms with Gasteiger partial charge in [0, 0.05) is 19.7 Å². The Bertz CT molecular complexity index is 1160. The molecule has 3 rings (SSSR count). The lowest BCUT2D eigenvalue weighted by Crippen LogP contribution is -2.39. The third-order valence-electron chi connectivity index (χ3n) is 5.17. The monoisotopic (exact) mass is 468 g/mol. The van der Waals surface area contributed by atoms with Crippen LogP contribution in [0.15, 0.2) is 83.8 Å². The number of aryl methyl sites for hydroxylation is 1. The molecule has 0 unspecified atom stereocenters. The average molecular weight is 469 g/mol. The first-order valence-electron chi connectivity index (χ1n) is 10.5. The van der Waals surface area contributed by atoms with Gasteiger partial charge in [0.2, 0.25) is 5.91 Å². The molecule has 7 nitrogen and oxygen atoms in total. The molecule has 0 aromatic heterocycles. The fraction of sp³-hybridized carbons (Fsp3) is 0.240. The lowest BCUT2D eigenvalue weighted by molar-refractivity contribution is -0.116. The highest BCUT2D eigenvalue weighted by atomic mass is 32.2. The van der Waals surface area contributed by atoms with Crippen LogP contribution < -0.4 is 13.9 Å². The van der Waals surface area contributed by atoms with Crippen LogP contribution in [-0.4, -0.2) is 45.7 Å². The fourth-order valence-electron chi connectivity index (χ4n) is 3.16. The van der Waals surface area contributed by atoms with E-state index in [2.05, 4.69) is 0 Å². The first-order chi connectivity index (χ1) is 15.7. The minimum Gasteiger partial charge on any atom is -0.491 e. The number of hydrogen-bond donors (Lipinski definition) is 1. The molecule has 0 aliphatic carbocycles. The number of aliphatic hydroxyl groups is 1. The van der Waals surface area contributed by atoms with Crippen LogP contribution in [-0.2, 0) is 14.8 Å². The van der Waals surface area contributed by atoms with E-state index in [0.717, 1.165) is 11.3 Å². The lowest BCUT2D eigenvalue weighted by Gasteiger charge is -2.27. The molecular weight excluding hydrogens is 440 g/mol. The summed E-state index contributed by atoms with van der Waals surface area (Å²) in [5.41, 5.74) is 2.12. The van der Waals surface area contributed by atoms with Crippen molar-refractivity contribution in [3.63, 3.8) is 0 Å². The van der Waals surface area contributed by atoms with Gasteiger partial charge in [-0.2, -0.15) is 0 Å². The van der Waals surface area contributed by atoms with Gasteiger partial charge in [0.05, 0.1) is 17.1 Å². The van der Waals surface area contributed by atoms with Gasteiger partial charge in [-0.05, 0) is 55.5 Å². The smallest absolute Gasteiger partial charge is 0.264 e. The van der Waals surface area contributed by atoms with Crippen LogP contribution in [0.3, 0.4) is 0 Å². The van der Waals surface area contributed by atoms with E-state index in [1.807, 2.05) is 6.92 Å². The molecular formula is C25H28N2O5S. The summed E-state index contributed by atoms with van der Waals surface area (Å²) in [5.74, 6) is 0.414. The third-order valence-corrected chi connectivity index (χ3v) is 6.98. The molecule has 1 N–H and O–H groups in total. The molecule has 0 heterocycles. The van der Waals surface area contributed by atoms with Gasteiger partial charge in [-0.25, -0.2) is 8.42 Å². The number of aliphatic hydroxyl groups excluding tert-OH is 1. The SMILES string of the molecule is CC(=O)N(C)c1ccc(OC[C@@H](O)CN(c2ccccc2)S(=O)(=O)c2ccc(C)cc2)cc1. The molecule has 0 bridgehead atoms. The summed E-state index contributed by atoms with van der Waals surface area (Å²) in [5, 5.41) is 10.6. The molecule has 0 saturated heterocycles. The molecule has 0 saturated carbocycles. The molecule has 1 atom stereocenters. The van der Waals surface area contributed by atoms with Crippen molar-refractivity contribution in [2.75, 3.05) is 29.4 Å². The number of ether oxygens (including phenoxy) is 1. The Kier molecular flexibility index (Phi) is 7.73. The van der Waals surface area contributed by atoms with Gasteiger partial charge < -0.3 is 14.7 Å². The number of para-hydroxylation sites is 1. The highest BCUT2D eigenvalue weighted by Crippen LogP contribution is 2.25. The third kappa shape index (κ3) is 6.12. The maximum atomic E-state index is 13.4. The minimum atomic E-state index is -3.89. The molecule has 3 aromatic carbocycles. The summed E-state index contributed by atoms with van der Waals surface area (Å²) in [6.45, 7) is 3.08. The molecule has 8 heteroatoms. The Labute approximate surface area is 194 Å². The van der Waals surface area contributed by atoms with E-state index in [1.54, 1.807) is 85.9 Å². The summed E-state index contributed by atoms with van der Waals surface area (Å²) in [6.07, 6.45) is -1.08. The van der Waals surface area contributed by atoms with E-state index in [4.69, 9.17) is 4.74 Å².